The van der Waals surface area contributed by atoms with E-state index in [4.69, 9.17) is 5.73 Å². The van der Waals surface area contributed by atoms with Gasteiger partial charge in [-0.2, -0.15) is 11.8 Å². The first-order chi connectivity index (χ1) is 7.65. The second kappa shape index (κ2) is 6.37. The Morgan fingerprint density at radius 3 is 2.94 bits per heavy atom. The van der Waals surface area contributed by atoms with Crippen LogP contribution in [-0.2, 0) is 0 Å². The zero-order valence-corrected chi connectivity index (χ0v) is 10.2. The maximum atomic E-state index is 11.6. The highest BCUT2D eigenvalue weighted by atomic mass is 32.2. The molecule has 1 rings (SSSR count). The van der Waals surface area contributed by atoms with E-state index >= 15 is 0 Å². The minimum atomic E-state index is -0.340. The monoisotopic (exact) mass is 244 g/mol. The number of hydrogen-bond donors (Lipinski definition) is 2. The predicted molar refractivity (Wildman–Crippen MR) is 63.3 cm³/mol. The molecule has 0 aliphatic carbocycles. The van der Waals surface area contributed by atoms with E-state index < -0.39 is 0 Å². The lowest BCUT2D eigenvalue weighted by atomic mass is 10.2. The lowest BCUT2D eigenvalue weighted by Crippen LogP contribution is -2.33. The van der Waals surface area contributed by atoms with E-state index in [0.29, 0.717) is 0 Å². The number of nitrogen functional groups attached to an aromatic ring is 1. The summed E-state index contributed by atoms with van der Waals surface area (Å²) < 4.78 is 4.36. The summed E-state index contributed by atoms with van der Waals surface area (Å²) in [6, 6.07) is 0.0858. The van der Waals surface area contributed by atoms with Gasteiger partial charge >= 0.3 is 0 Å². The molecule has 0 fully saturated rings. The molecule has 1 amide bonds. The number of carbonyl (C=O) groups excluding carboxylic acids is 1. The molecule has 3 N–H and O–H groups in total. The van der Waals surface area contributed by atoms with E-state index in [0.717, 1.165) is 17.9 Å². The molecule has 90 valence electrons. The third kappa shape index (κ3) is 3.73. The van der Waals surface area contributed by atoms with Crippen molar-refractivity contribution in [3.63, 3.8) is 0 Å². The van der Waals surface area contributed by atoms with Crippen molar-refractivity contribution in [2.24, 2.45) is 0 Å². The van der Waals surface area contributed by atoms with Gasteiger partial charge in [0.25, 0.3) is 5.91 Å². The third-order valence-corrected chi connectivity index (χ3v) is 2.94. The Morgan fingerprint density at radius 1 is 1.62 bits per heavy atom. The fraction of sp³-hybridized carbons (Fsp3) is 0.667. The molecular weight excluding hydrogens is 228 g/mol. The maximum absolute atomic E-state index is 11.6. The van der Waals surface area contributed by atoms with E-state index in [1.54, 1.807) is 0 Å². The largest absolute Gasteiger partial charge is 0.379 e. The zero-order chi connectivity index (χ0) is 12.0. The number of nitrogens with two attached hydrogens (primary N) is 1. The van der Waals surface area contributed by atoms with Crippen molar-refractivity contribution in [3.05, 3.63) is 5.69 Å². The van der Waals surface area contributed by atoms with Crippen LogP contribution in [0.25, 0.3) is 0 Å². The van der Waals surface area contributed by atoms with Crippen LogP contribution in [-0.4, -0.2) is 33.8 Å². The molecule has 1 aromatic heterocycles. The molecule has 0 aromatic carbocycles. The van der Waals surface area contributed by atoms with E-state index in [9.17, 15) is 4.79 Å². The minimum absolute atomic E-state index is 0.0210. The summed E-state index contributed by atoms with van der Waals surface area (Å²) in [6.07, 6.45) is 0.912. The van der Waals surface area contributed by atoms with Crippen LogP contribution >= 0.6 is 11.8 Å². The molecule has 0 radical (unpaired) electrons. The lowest BCUT2D eigenvalue weighted by molar-refractivity contribution is 0.0930. The molecule has 1 unspecified atom stereocenters. The standard InChI is InChI=1S/C9H16N4O2S/c1-3-16-5-4-6(2)11-9(14)7-8(10)13-15-12-7/h6H,3-5H2,1-2H3,(H2,10,13)(H,11,14). The van der Waals surface area contributed by atoms with Crippen LogP contribution in [0.2, 0.25) is 0 Å². The number of nitrogens with one attached hydrogen (secondary N) is 1. The highest BCUT2D eigenvalue weighted by Crippen LogP contribution is 2.07. The van der Waals surface area contributed by atoms with Gasteiger partial charge in [0.2, 0.25) is 11.5 Å². The van der Waals surface area contributed by atoms with Gasteiger partial charge in [-0.1, -0.05) is 6.92 Å². The first-order valence-electron chi connectivity index (χ1n) is 5.11. The maximum Gasteiger partial charge on any atom is 0.277 e. The third-order valence-electron chi connectivity index (χ3n) is 2.01. The average Bonchev–Trinajstić information content (AvgIpc) is 2.65. The van der Waals surface area contributed by atoms with Gasteiger partial charge in [0.15, 0.2) is 0 Å². The smallest absolute Gasteiger partial charge is 0.277 e. The van der Waals surface area contributed by atoms with Crippen molar-refractivity contribution < 1.29 is 9.42 Å². The second-order valence-corrected chi connectivity index (χ2v) is 4.75. The SMILES string of the molecule is CCSCCC(C)NC(=O)c1nonc1N. The summed E-state index contributed by atoms with van der Waals surface area (Å²) in [7, 11) is 0. The topological polar surface area (TPSA) is 94.0 Å². The number of nitrogens with zero attached hydrogens (tertiary/aromatic N) is 2. The zero-order valence-electron chi connectivity index (χ0n) is 9.40. The number of aromatic nitrogens is 2. The number of anilines is 1. The van der Waals surface area contributed by atoms with E-state index in [2.05, 4.69) is 27.2 Å². The molecular formula is C9H16N4O2S. The van der Waals surface area contributed by atoms with Gasteiger partial charge < -0.3 is 11.1 Å². The lowest BCUT2D eigenvalue weighted by Gasteiger charge is -2.11. The Hall–Kier alpha value is -1.24. The predicted octanol–water partition coefficient (Wildman–Crippen LogP) is 0.913. The van der Waals surface area contributed by atoms with Gasteiger partial charge in [0.05, 0.1) is 0 Å². The molecule has 0 saturated heterocycles. The van der Waals surface area contributed by atoms with Crippen molar-refractivity contribution in [3.8, 4) is 0 Å². The summed E-state index contributed by atoms with van der Waals surface area (Å²) >= 11 is 1.84. The van der Waals surface area contributed by atoms with Gasteiger partial charge in [-0.25, -0.2) is 4.63 Å². The first kappa shape index (κ1) is 12.8. The number of carbonyl (C=O) groups is 1. The quantitative estimate of drug-likeness (QED) is 0.722. The fourth-order valence-electron chi connectivity index (χ4n) is 1.12. The van der Waals surface area contributed by atoms with Crippen molar-refractivity contribution in [1.82, 2.24) is 15.6 Å². The molecule has 6 nitrogen and oxygen atoms in total. The number of rotatable bonds is 6. The van der Waals surface area contributed by atoms with E-state index in [-0.39, 0.29) is 23.5 Å². The van der Waals surface area contributed by atoms with Gasteiger partial charge in [0.1, 0.15) is 0 Å². The van der Waals surface area contributed by atoms with Crippen LogP contribution in [0.3, 0.4) is 0 Å². The molecule has 1 heterocycles. The fourth-order valence-corrected chi connectivity index (χ4v) is 1.93. The van der Waals surface area contributed by atoms with E-state index in [1.165, 1.54) is 0 Å². The van der Waals surface area contributed by atoms with Gasteiger partial charge in [-0.05, 0) is 35.2 Å². The van der Waals surface area contributed by atoms with Crippen LogP contribution in [0.5, 0.6) is 0 Å². The summed E-state index contributed by atoms with van der Waals surface area (Å²) in [5, 5.41) is 9.57. The van der Waals surface area contributed by atoms with Crippen molar-refractivity contribution in [1.29, 1.82) is 0 Å². The highest BCUT2D eigenvalue weighted by Gasteiger charge is 2.17. The first-order valence-corrected chi connectivity index (χ1v) is 6.27. The number of hydrogen-bond acceptors (Lipinski definition) is 6. The van der Waals surface area contributed by atoms with Gasteiger partial charge in [0, 0.05) is 6.04 Å². The van der Waals surface area contributed by atoms with Gasteiger partial charge in [-0.3, -0.25) is 4.79 Å². The Balaban J connectivity index is 2.37. The Bertz CT molecular complexity index is 342. The molecule has 16 heavy (non-hydrogen) atoms. The molecule has 7 heteroatoms. The van der Waals surface area contributed by atoms with Crippen LogP contribution in [0, 0.1) is 0 Å². The molecule has 0 saturated carbocycles. The highest BCUT2D eigenvalue weighted by molar-refractivity contribution is 7.99. The Kier molecular flexibility index (Phi) is 5.10. The Morgan fingerprint density at radius 2 is 2.38 bits per heavy atom. The Labute approximate surface area is 98.3 Å². The van der Waals surface area contributed by atoms with Crippen LogP contribution in [0.15, 0.2) is 4.63 Å². The van der Waals surface area contributed by atoms with Crippen LogP contribution < -0.4 is 11.1 Å². The summed E-state index contributed by atoms with van der Waals surface area (Å²) in [5.74, 6) is 1.78. The molecule has 1 aromatic rings. The summed E-state index contributed by atoms with van der Waals surface area (Å²) in [4.78, 5) is 11.6. The van der Waals surface area contributed by atoms with Crippen LogP contribution in [0.4, 0.5) is 5.82 Å². The normalized spacial score (nSPS) is 12.4. The second-order valence-electron chi connectivity index (χ2n) is 3.36. The van der Waals surface area contributed by atoms with Crippen molar-refractivity contribution >= 4 is 23.5 Å². The number of thioether (sulfide) groups is 1. The molecule has 1 atom stereocenters. The van der Waals surface area contributed by atoms with Crippen molar-refractivity contribution in [2.45, 2.75) is 26.3 Å². The van der Waals surface area contributed by atoms with Gasteiger partial charge in [-0.15, -0.1) is 0 Å². The summed E-state index contributed by atoms with van der Waals surface area (Å²) in [6.45, 7) is 4.05. The minimum Gasteiger partial charge on any atom is -0.379 e. The number of amides is 1. The summed E-state index contributed by atoms with van der Waals surface area (Å²) in [5.41, 5.74) is 5.46. The molecule has 0 spiro atoms. The molecule has 0 aliphatic rings. The van der Waals surface area contributed by atoms with E-state index in [1.807, 2.05) is 18.7 Å². The molecule has 0 aliphatic heterocycles. The van der Waals surface area contributed by atoms with Crippen LogP contribution in [0.1, 0.15) is 30.8 Å². The van der Waals surface area contributed by atoms with Crippen molar-refractivity contribution in [2.75, 3.05) is 17.2 Å². The average molecular weight is 244 g/mol. The molecule has 0 bridgehead atoms.